The number of amides is 1. The molecule has 0 fully saturated rings. The predicted molar refractivity (Wildman–Crippen MR) is 109 cm³/mol. The van der Waals surface area contributed by atoms with E-state index in [-0.39, 0.29) is 11.4 Å². The number of aromatic nitrogens is 2. The molecule has 0 saturated heterocycles. The van der Waals surface area contributed by atoms with Crippen LogP contribution in [0.1, 0.15) is 16.8 Å². The van der Waals surface area contributed by atoms with Crippen LogP contribution < -0.4 is 11.0 Å². The molecule has 1 aliphatic heterocycles. The number of hydrogen-bond acceptors (Lipinski definition) is 4. The molecule has 0 saturated carbocycles. The van der Waals surface area contributed by atoms with Crippen molar-refractivity contribution in [1.82, 2.24) is 9.55 Å². The minimum Gasteiger partial charge on any atom is -0.493 e. The largest absolute Gasteiger partial charge is 0.493 e. The number of nitrogens with one attached hydrogen (secondary N) is 2. The molecule has 0 radical (unpaired) electrons. The third-order valence-electron chi connectivity index (χ3n) is 4.62. The van der Waals surface area contributed by atoms with Crippen molar-refractivity contribution >= 4 is 35.1 Å². The average molecular weight is 428 g/mol. The van der Waals surface area contributed by atoms with E-state index < -0.39 is 35.8 Å². The first kappa shape index (κ1) is 20.2. The van der Waals surface area contributed by atoms with Crippen molar-refractivity contribution in [2.24, 2.45) is 4.99 Å². The van der Waals surface area contributed by atoms with Crippen molar-refractivity contribution in [2.75, 3.05) is 5.32 Å². The molecule has 0 bridgehead atoms. The number of rotatable bonds is 4. The first-order valence-electron chi connectivity index (χ1n) is 9.06. The fraction of sp³-hybridized carbons (Fsp3) is 0.0952. The SMILES string of the molecule is O=C(Cn1c(O)c(/C=C2/C=Nc3ccccc32)[nH]c1=O)Nc1cccc(C(F)(F)F)c1. The van der Waals surface area contributed by atoms with E-state index in [1.807, 2.05) is 24.3 Å². The van der Waals surface area contributed by atoms with Crippen LogP contribution in [0, 0.1) is 0 Å². The van der Waals surface area contributed by atoms with Crippen LogP contribution in [-0.4, -0.2) is 26.8 Å². The molecule has 10 heteroatoms. The lowest BCUT2D eigenvalue weighted by Gasteiger charge is -2.10. The van der Waals surface area contributed by atoms with Gasteiger partial charge in [0.1, 0.15) is 12.2 Å². The standard InChI is InChI=1S/C21H15F3N4O3/c22-21(23,24)13-4-3-5-14(9-13)26-18(29)11-28-19(30)17(27-20(28)31)8-12-10-25-16-7-2-1-6-15(12)16/h1-10,30H,11H2,(H,26,29)(H,27,31)/b12-8-. The second-order valence-electron chi connectivity index (χ2n) is 6.76. The van der Waals surface area contributed by atoms with Gasteiger partial charge >= 0.3 is 11.9 Å². The summed E-state index contributed by atoms with van der Waals surface area (Å²) in [5.41, 5.74) is 0.561. The maximum Gasteiger partial charge on any atom is 0.416 e. The van der Waals surface area contributed by atoms with Gasteiger partial charge < -0.3 is 15.4 Å². The Morgan fingerprint density at radius 1 is 1.19 bits per heavy atom. The zero-order valence-corrected chi connectivity index (χ0v) is 15.8. The molecule has 2 heterocycles. The normalized spacial score (nSPS) is 14.1. The molecule has 3 aromatic rings. The molecule has 0 aliphatic carbocycles. The van der Waals surface area contributed by atoms with Gasteiger partial charge in [0.15, 0.2) is 0 Å². The van der Waals surface area contributed by atoms with Crippen LogP contribution in [0.15, 0.2) is 58.3 Å². The molecule has 31 heavy (non-hydrogen) atoms. The van der Waals surface area contributed by atoms with Crippen LogP contribution in [0.3, 0.4) is 0 Å². The van der Waals surface area contributed by atoms with Crippen LogP contribution in [-0.2, 0) is 17.5 Å². The van der Waals surface area contributed by atoms with Gasteiger partial charge in [-0.3, -0.25) is 14.4 Å². The number of para-hydroxylation sites is 1. The van der Waals surface area contributed by atoms with E-state index in [0.29, 0.717) is 5.57 Å². The number of aromatic hydroxyl groups is 1. The number of nitrogens with zero attached hydrogens (tertiary/aromatic N) is 2. The maximum atomic E-state index is 12.8. The minimum atomic E-state index is -4.55. The van der Waals surface area contributed by atoms with Crippen molar-refractivity contribution < 1.29 is 23.1 Å². The fourth-order valence-corrected chi connectivity index (χ4v) is 3.15. The Morgan fingerprint density at radius 3 is 2.74 bits per heavy atom. The number of halogens is 3. The van der Waals surface area contributed by atoms with Crippen molar-refractivity contribution in [3.8, 4) is 5.88 Å². The highest BCUT2D eigenvalue weighted by Crippen LogP contribution is 2.33. The molecular formula is C21H15F3N4O3. The minimum absolute atomic E-state index is 0.0787. The summed E-state index contributed by atoms with van der Waals surface area (Å²) in [6.07, 6.45) is -1.45. The third kappa shape index (κ3) is 4.13. The smallest absolute Gasteiger partial charge is 0.416 e. The van der Waals surface area contributed by atoms with Gasteiger partial charge in [0.25, 0.3) is 0 Å². The summed E-state index contributed by atoms with van der Waals surface area (Å²) in [5.74, 6) is -1.25. The van der Waals surface area contributed by atoms with Crippen LogP contribution in [0.5, 0.6) is 5.88 Å². The van der Waals surface area contributed by atoms with E-state index in [0.717, 1.165) is 34.0 Å². The monoisotopic (exact) mass is 428 g/mol. The molecule has 7 nitrogen and oxygen atoms in total. The van der Waals surface area contributed by atoms with Crippen molar-refractivity contribution in [2.45, 2.75) is 12.7 Å². The Kier molecular flexibility index (Phi) is 4.97. The Morgan fingerprint density at radius 2 is 1.97 bits per heavy atom. The van der Waals surface area contributed by atoms with Gasteiger partial charge in [0.2, 0.25) is 11.8 Å². The number of aromatic amines is 1. The quantitative estimate of drug-likeness (QED) is 0.590. The molecule has 3 N–H and O–H groups in total. The zero-order chi connectivity index (χ0) is 22.2. The van der Waals surface area contributed by atoms with E-state index in [4.69, 9.17) is 0 Å². The van der Waals surface area contributed by atoms with Crippen molar-refractivity contribution in [3.05, 3.63) is 75.8 Å². The summed E-state index contributed by atoms with van der Waals surface area (Å²) in [7, 11) is 0. The number of hydrogen-bond donors (Lipinski definition) is 3. The molecule has 0 atom stereocenters. The molecule has 1 aromatic heterocycles. The molecular weight excluding hydrogens is 413 g/mol. The van der Waals surface area contributed by atoms with Gasteiger partial charge in [0, 0.05) is 23.0 Å². The summed E-state index contributed by atoms with van der Waals surface area (Å²) in [5, 5.41) is 12.7. The van der Waals surface area contributed by atoms with Gasteiger partial charge in [-0.2, -0.15) is 13.2 Å². The van der Waals surface area contributed by atoms with Crippen LogP contribution in [0.2, 0.25) is 0 Å². The number of alkyl halides is 3. The molecule has 158 valence electrons. The number of carbonyl (C=O) groups is 1. The van der Waals surface area contributed by atoms with E-state index >= 15 is 0 Å². The van der Waals surface area contributed by atoms with Gasteiger partial charge in [-0.1, -0.05) is 24.3 Å². The van der Waals surface area contributed by atoms with Crippen LogP contribution in [0.25, 0.3) is 11.6 Å². The first-order valence-corrected chi connectivity index (χ1v) is 9.06. The number of fused-ring (bicyclic) bond motifs is 1. The predicted octanol–water partition coefficient (Wildman–Crippen LogP) is 3.80. The zero-order valence-electron chi connectivity index (χ0n) is 15.8. The molecule has 0 spiro atoms. The number of anilines is 1. The Labute approximate surface area is 173 Å². The van der Waals surface area contributed by atoms with Crippen LogP contribution in [0.4, 0.5) is 24.5 Å². The summed E-state index contributed by atoms with van der Waals surface area (Å²) in [6, 6.07) is 11.4. The Bertz CT molecular complexity index is 1290. The van der Waals surface area contributed by atoms with Gasteiger partial charge in [-0.05, 0) is 30.3 Å². The van der Waals surface area contributed by atoms with Gasteiger partial charge in [-0.15, -0.1) is 0 Å². The summed E-state index contributed by atoms with van der Waals surface area (Å²) >= 11 is 0. The van der Waals surface area contributed by atoms with Crippen molar-refractivity contribution in [3.63, 3.8) is 0 Å². The number of aliphatic imine (C=N–C) groups is 1. The maximum absolute atomic E-state index is 12.8. The first-order chi connectivity index (χ1) is 14.7. The average Bonchev–Trinajstić information content (AvgIpc) is 3.24. The highest BCUT2D eigenvalue weighted by Gasteiger charge is 2.30. The lowest BCUT2D eigenvalue weighted by Crippen LogP contribution is -2.25. The summed E-state index contributed by atoms with van der Waals surface area (Å²) < 4.78 is 39.2. The van der Waals surface area contributed by atoms with Gasteiger partial charge in [-0.25, -0.2) is 4.79 Å². The summed E-state index contributed by atoms with van der Waals surface area (Å²) in [4.78, 5) is 31.2. The van der Waals surface area contributed by atoms with Crippen molar-refractivity contribution in [1.29, 1.82) is 0 Å². The van der Waals surface area contributed by atoms with Crippen LogP contribution >= 0.6 is 0 Å². The fourth-order valence-electron chi connectivity index (χ4n) is 3.15. The molecule has 2 aromatic carbocycles. The highest BCUT2D eigenvalue weighted by molar-refractivity contribution is 6.21. The summed E-state index contributed by atoms with van der Waals surface area (Å²) in [6.45, 7) is -0.592. The number of carbonyl (C=O) groups excluding carboxylic acids is 1. The molecule has 0 unspecified atom stereocenters. The lowest BCUT2D eigenvalue weighted by molar-refractivity contribution is -0.137. The second-order valence-corrected chi connectivity index (χ2v) is 6.76. The number of allylic oxidation sites excluding steroid dienone is 1. The molecule has 4 rings (SSSR count). The third-order valence-corrected chi connectivity index (χ3v) is 4.62. The lowest BCUT2D eigenvalue weighted by atomic mass is 10.1. The number of benzene rings is 2. The molecule has 1 aliphatic rings. The number of imidazole rings is 1. The Balaban J connectivity index is 1.54. The molecule has 1 amide bonds. The van der Waals surface area contributed by atoms with E-state index in [2.05, 4.69) is 15.3 Å². The van der Waals surface area contributed by atoms with E-state index in [1.54, 1.807) is 6.21 Å². The Hall–Kier alpha value is -4.08. The van der Waals surface area contributed by atoms with Gasteiger partial charge in [0.05, 0.1) is 11.3 Å². The van der Waals surface area contributed by atoms with E-state index in [1.165, 1.54) is 12.1 Å². The topological polar surface area (TPSA) is 99.5 Å². The highest BCUT2D eigenvalue weighted by atomic mass is 19.4. The second kappa shape index (κ2) is 7.63. The number of H-pyrrole nitrogens is 1. The van der Waals surface area contributed by atoms with E-state index in [9.17, 15) is 27.9 Å².